The number of benzene rings is 3. The summed E-state index contributed by atoms with van der Waals surface area (Å²) in [5.41, 5.74) is 6.03. The lowest BCUT2D eigenvalue weighted by molar-refractivity contribution is -0.124. The number of fused-ring (bicyclic) bond motifs is 3. The molecular formula is C32H36N2O3. The fourth-order valence-electron chi connectivity index (χ4n) is 5.55. The Hall–Kier alpha value is -3.73. The molecular weight excluding hydrogens is 460 g/mol. The van der Waals surface area contributed by atoms with E-state index in [4.69, 9.17) is 9.47 Å². The van der Waals surface area contributed by atoms with Crippen LogP contribution in [0.2, 0.25) is 0 Å². The molecule has 0 saturated carbocycles. The van der Waals surface area contributed by atoms with Crippen LogP contribution >= 0.6 is 0 Å². The van der Waals surface area contributed by atoms with Gasteiger partial charge in [0, 0.05) is 24.1 Å². The second-order valence-electron chi connectivity index (χ2n) is 10.6. The van der Waals surface area contributed by atoms with Gasteiger partial charge in [0.2, 0.25) is 5.91 Å². The first kappa shape index (κ1) is 24.9. The molecule has 5 heteroatoms. The van der Waals surface area contributed by atoms with Crippen molar-refractivity contribution < 1.29 is 14.3 Å². The van der Waals surface area contributed by atoms with Gasteiger partial charge in [-0.3, -0.25) is 4.79 Å². The van der Waals surface area contributed by atoms with Gasteiger partial charge in [0.05, 0.1) is 6.61 Å². The van der Waals surface area contributed by atoms with Gasteiger partial charge in [-0.15, -0.1) is 0 Å². The van der Waals surface area contributed by atoms with Gasteiger partial charge < -0.3 is 19.7 Å². The molecule has 1 N–H and O–H groups in total. The zero-order chi connectivity index (χ0) is 26.2. The van der Waals surface area contributed by atoms with Gasteiger partial charge >= 0.3 is 0 Å². The normalized spacial score (nSPS) is 19.9. The minimum absolute atomic E-state index is 0.0772. The maximum absolute atomic E-state index is 12.7. The monoisotopic (exact) mass is 496 g/mol. The fraction of sp³-hybridized carbons (Fsp3) is 0.344. The Morgan fingerprint density at radius 2 is 1.70 bits per heavy atom. The average molecular weight is 497 g/mol. The van der Waals surface area contributed by atoms with Crippen LogP contribution in [0.4, 0.5) is 5.69 Å². The lowest BCUT2D eigenvalue weighted by Gasteiger charge is -2.49. The van der Waals surface area contributed by atoms with E-state index in [9.17, 15) is 4.79 Å². The summed E-state index contributed by atoms with van der Waals surface area (Å²) < 4.78 is 12.1. The van der Waals surface area contributed by atoms with Crippen LogP contribution in [0.15, 0.2) is 66.7 Å². The third-order valence-corrected chi connectivity index (χ3v) is 7.69. The number of nitrogens with zero attached hydrogens (tertiary/aromatic N) is 1. The van der Waals surface area contributed by atoms with Gasteiger partial charge in [-0.05, 0) is 61.7 Å². The predicted molar refractivity (Wildman–Crippen MR) is 149 cm³/mol. The van der Waals surface area contributed by atoms with Crippen molar-refractivity contribution in [2.75, 3.05) is 18.1 Å². The number of anilines is 1. The van der Waals surface area contributed by atoms with Crippen LogP contribution in [-0.4, -0.2) is 24.7 Å². The fourth-order valence-corrected chi connectivity index (χ4v) is 5.55. The zero-order valence-corrected chi connectivity index (χ0v) is 22.4. The van der Waals surface area contributed by atoms with Gasteiger partial charge in [0.1, 0.15) is 12.3 Å². The SMILES string of the molecule is CCOc1cc(C=C[C@@]23NC(=O)CCN2c2ccc(C)cc2C3(C)C)ccc1OCc1ccc(C)cc1. The first-order valence-electron chi connectivity index (χ1n) is 13.1. The Labute approximate surface area is 220 Å². The predicted octanol–water partition coefficient (Wildman–Crippen LogP) is 6.31. The maximum Gasteiger partial charge on any atom is 0.223 e. The second kappa shape index (κ2) is 9.62. The van der Waals surface area contributed by atoms with E-state index in [0.717, 1.165) is 16.9 Å². The highest BCUT2D eigenvalue weighted by Crippen LogP contribution is 2.52. The summed E-state index contributed by atoms with van der Waals surface area (Å²) in [6.45, 7) is 12.3. The molecule has 1 saturated heterocycles. The molecule has 192 valence electrons. The van der Waals surface area contributed by atoms with Crippen molar-refractivity contribution >= 4 is 17.7 Å². The number of ether oxygens (including phenoxy) is 2. The Balaban J connectivity index is 1.45. The minimum atomic E-state index is -0.648. The number of amides is 1. The van der Waals surface area contributed by atoms with Crippen molar-refractivity contribution in [2.24, 2.45) is 0 Å². The van der Waals surface area contributed by atoms with Crippen molar-refractivity contribution in [2.45, 2.75) is 58.7 Å². The standard InChI is InChI=1S/C32H36N2O3/c1-6-36-29-20-24(12-14-28(29)37-21-25-10-7-22(2)8-11-25)15-17-32-31(4,5)26-19-23(3)9-13-27(26)34(32)18-16-30(35)33-32/h7-15,17,19-20H,6,16,18,21H2,1-5H3,(H,33,35)/t32-/m1/s1. The summed E-state index contributed by atoms with van der Waals surface area (Å²) in [7, 11) is 0. The number of hydrogen-bond donors (Lipinski definition) is 1. The lowest BCUT2D eigenvalue weighted by atomic mass is 9.74. The van der Waals surface area contributed by atoms with Gasteiger partial charge in [0.15, 0.2) is 11.5 Å². The Kier molecular flexibility index (Phi) is 6.49. The van der Waals surface area contributed by atoms with E-state index in [1.807, 2.05) is 25.1 Å². The zero-order valence-electron chi connectivity index (χ0n) is 22.4. The van der Waals surface area contributed by atoms with Crippen molar-refractivity contribution in [1.82, 2.24) is 5.32 Å². The molecule has 0 aliphatic carbocycles. The Morgan fingerprint density at radius 1 is 0.946 bits per heavy atom. The van der Waals surface area contributed by atoms with Crippen molar-refractivity contribution in [3.8, 4) is 11.5 Å². The third kappa shape index (κ3) is 4.48. The summed E-state index contributed by atoms with van der Waals surface area (Å²) in [4.78, 5) is 15.1. The molecule has 0 spiro atoms. The second-order valence-corrected chi connectivity index (χ2v) is 10.6. The van der Waals surface area contributed by atoms with Crippen LogP contribution < -0.4 is 19.7 Å². The van der Waals surface area contributed by atoms with Crippen LogP contribution in [0.25, 0.3) is 6.08 Å². The topological polar surface area (TPSA) is 50.8 Å². The number of rotatable bonds is 7. The van der Waals surface area contributed by atoms with E-state index in [1.165, 1.54) is 22.4 Å². The van der Waals surface area contributed by atoms with Crippen LogP contribution in [0, 0.1) is 13.8 Å². The highest BCUT2D eigenvalue weighted by atomic mass is 16.5. The molecule has 1 fully saturated rings. The van der Waals surface area contributed by atoms with Gasteiger partial charge in [0.25, 0.3) is 0 Å². The summed E-state index contributed by atoms with van der Waals surface area (Å²) in [5.74, 6) is 1.51. The third-order valence-electron chi connectivity index (χ3n) is 7.69. The van der Waals surface area contributed by atoms with E-state index in [1.54, 1.807) is 0 Å². The van der Waals surface area contributed by atoms with Gasteiger partial charge in [-0.1, -0.05) is 73.5 Å². The number of aryl methyl sites for hydroxylation is 2. The maximum atomic E-state index is 12.7. The molecule has 1 amide bonds. The summed E-state index contributed by atoms with van der Waals surface area (Å²) >= 11 is 0. The number of nitrogens with one attached hydrogen (secondary N) is 1. The largest absolute Gasteiger partial charge is 0.490 e. The van der Waals surface area contributed by atoms with E-state index in [2.05, 4.69) is 92.5 Å². The lowest BCUT2D eigenvalue weighted by Crippen LogP contribution is -2.68. The highest BCUT2D eigenvalue weighted by Gasteiger charge is 2.57. The molecule has 3 aromatic rings. The molecule has 0 unspecified atom stereocenters. The Bertz CT molecular complexity index is 1340. The van der Waals surface area contributed by atoms with Crippen molar-refractivity contribution in [1.29, 1.82) is 0 Å². The molecule has 0 aromatic heterocycles. The molecule has 2 aliphatic rings. The minimum Gasteiger partial charge on any atom is -0.490 e. The first-order chi connectivity index (χ1) is 17.7. The molecule has 2 heterocycles. The van der Waals surface area contributed by atoms with Crippen LogP contribution in [0.1, 0.15) is 55.0 Å². The summed E-state index contributed by atoms with van der Waals surface area (Å²) in [6.07, 6.45) is 4.73. The van der Waals surface area contributed by atoms with E-state index >= 15 is 0 Å². The van der Waals surface area contributed by atoms with Gasteiger partial charge in [-0.2, -0.15) is 0 Å². The molecule has 1 atom stereocenters. The molecule has 3 aromatic carbocycles. The molecule has 5 rings (SSSR count). The van der Waals surface area contributed by atoms with E-state index in [0.29, 0.717) is 31.9 Å². The quantitative estimate of drug-likeness (QED) is 0.417. The highest BCUT2D eigenvalue weighted by molar-refractivity contribution is 5.84. The number of carbonyl (C=O) groups is 1. The summed E-state index contributed by atoms with van der Waals surface area (Å²) in [6, 6.07) is 20.9. The molecule has 0 bridgehead atoms. The van der Waals surface area contributed by atoms with E-state index < -0.39 is 5.66 Å². The smallest absolute Gasteiger partial charge is 0.223 e. The summed E-state index contributed by atoms with van der Waals surface area (Å²) in [5, 5.41) is 3.36. The molecule has 5 nitrogen and oxygen atoms in total. The van der Waals surface area contributed by atoms with Crippen molar-refractivity contribution in [3.05, 3.63) is 94.6 Å². The Morgan fingerprint density at radius 3 is 2.46 bits per heavy atom. The molecule has 37 heavy (non-hydrogen) atoms. The first-order valence-corrected chi connectivity index (χ1v) is 13.1. The van der Waals surface area contributed by atoms with E-state index in [-0.39, 0.29) is 11.3 Å². The van der Waals surface area contributed by atoms with Crippen LogP contribution in [0.5, 0.6) is 11.5 Å². The molecule has 2 aliphatic heterocycles. The van der Waals surface area contributed by atoms with Gasteiger partial charge in [-0.25, -0.2) is 0 Å². The average Bonchev–Trinajstić information content (AvgIpc) is 3.06. The van der Waals surface area contributed by atoms with Crippen molar-refractivity contribution in [3.63, 3.8) is 0 Å². The van der Waals surface area contributed by atoms with Crippen LogP contribution in [0.3, 0.4) is 0 Å². The number of hydrogen-bond acceptors (Lipinski definition) is 4. The molecule has 0 radical (unpaired) electrons. The number of carbonyl (C=O) groups excluding carboxylic acids is 1. The van der Waals surface area contributed by atoms with Crippen LogP contribution in [-0.2, 0) is 16.8 Å².